The standard InChI is InChI=1S/C15H24N2O2/c1-11(2)17(12(3)4)13-8-7-9-14(10-13)19-15(18)16(5)6/h7-12H,1-6H3. The van der Waals surface area contributed by atoms with Crippen molar-refractivity contribution in [1.82, 2.24) is 4.90 Å². The molecule has 1 aromatic carbocycles. The lowest BCUT2D eigenvalue weighted by Gasteiger charge is -2.33. The fraction of sp³-hybridized carbons (Fsp3) is 0.533. The zero-order valence-electron chi connectivity index (χ0n) is 12.7. The van der Waals surface area contributed by atoms with Crippen LogP contribution < -0.4 is 9.64 Å². The van der Waals surface area contributed by atoms with Crippen LogP contribution >= 0.6 is 0 Å². The van der Waals surface area contributed by atoms with E-state index in [-0.39, 0.29) is 6.09 Å². The van der Waals surface area contributed by atoms with Gasteiger partial charge in [0.05, 0.1) is 0 Å². The lowest BCUT2D eigenvalue weighted by Crippen LogP contribution is -2.37. The molecule has 1 rings (SSSR count). The van der Waals surface area contributed by atoms with Crippen molar-refractivity contribution < 1.29 is 9.53 Å². The minimum atomic E-state index is -0.363. The Bertz CT molecular complexity index is 420. The maximum Gasteiger partial charge on any atom is 0.414 e. The molecule has 1 aromatic rings. The highest BCUT2D eigenvalue weighted by Gasteiger charge is 2.15. The summed E-state index contributed by atoms with van der Waals surface area (Å²) in [7, 11) is 3.33. The van der Waals surface area contributed by atoms with Crippen molar-refractivity contribution in [1.29, 1.82) is 0 Å². The van der Waals surface area contributed by atoms with E-state index in [4.69, 9.17) is 4.74 Å². The summed E-state index contributed by atoms with van der Waals surface area (Å²) in [5.74, 6) is 0.572. The second kappa shape index (κ2) is 6.45. The van der Waals surface area contributed by atoms with E-state index in [1.165, 1.54) is 4.90 Å². The molecule has 1 amide bonds. The Balaban J connectivity index is 2.96. The highest BCUT2D eigenvalue weighted by molar-refractivity contribution is 5.70. The van der Waals surface area contributed by atoms with Crippen LogP contribution in [0.2, 0.25) is 0 Å². The third-order valence-corrected chi connectivity index (χ3v) is 2.80. The summed E-state index contributed by atoms with van der Waals surface area (Å²) in [5, 5.41) is 0. The first kappa shape index (κ1) is 15.3. The molecule has 106 valence electrons. The summed E-state index contributed by atoms with van der Waals surface area (Å²) in [6, 6.07) is 8.42. The van der Waals surface area contributed by atoms with Crippen LogP contribution in [0.4, 0.5) is 10.5 Å². The molecular weight excluding hydrogens is 240 g/mol. The third-order valence-electron chi connectivity index (χ3n) is 2.80. The number of hydrogen-bond donors (Lipinski definition) is 0. The number of ether oxygens (including phenoxy) is 1. The highest BCUT2D eigenvalue weighted by Crippen LogP contribution is 2.25. The fourth-order valence-electron chi connectivity index (χ4n) is 2.09. The highest BCUT2D eigenvalue weighted by atomic mass is 16.6. The van der Waals surface area contributed by atoms with E-state index in [1.807, 2.05) is 18.2 Å². The van der Waals surface area contributed by atoms with Crippen LogP contribution in [0.25, 0.3) is 0 Å². The number of hydrogen-bond acceptors (Lipinski definition) is 3. The van der Waals surface area contributed by atoms with Gasteiger partial charge >= 0.3 is 6.09 Å². The summed E-state index contributed by atoms with van der Waals surface area (Å²) in [6.07, 6.45) is -0.363. The Morgan fingerprint density at radius 3 is 2.16 bits per heavy atom. The normalized spacial score (nSPS) is 10.7. The Labute approximate surface area is 116 Å². The summed E-state index contributed by atoms with van der Waals surface area (Å²) in [5.41, 5.74) is 1.06. The zero-order chi connectivity index (χ0) is 14.6. The molecule has 0 spiro atoms. The Kier molecular flexibility index (Phi) is 5.21. The average Bonchev–Trinajstić information content (AvgIpc) is 2.28. The number of anilines is 1. The predicted molar refractivity (Wildman–Crippen MR) is 78.9 cm³/mol. The Morgan fingerprint density at radius 2 is 1.68 bits per heavy atom. The van der Waals surface area contributed by atoms with E-state index in [0.29, 0.717) is 17.8 Å². The molecule has 0 N–H and O–H groups in total. The SMILES string of the molecule is CC(C)N(c1cccc(OC(=O)N(C)C)c1)C(C)C. The van der Waals surface area contributed by atoms with Gasteiger partial charge in [0, 0.05) is 37.9 Å². The van der Waals surface area contributed by atoms with Crippen LogP contribution in [0, 0.1) is 0 Å². The first-order valence-corrected chi connectivity index (χ1v) is 6.60. The van der Waals surface area contributed by atoms with E-state index < -0.39 is 0 Å². The zero-order valence-corrected chi connectivity index (χ0v) is 12.7. The molecule has 4 nitrogen and oxygen atoms in total. The first-order valence-electron chi connectivity index (χ1n) is 6.60. The number of rotatable bonds is 4. The van der Waals surface area contributed by atoms with Gasteiger partial charge in [-0.05, 0) is 39.8 Å². The van der Waals surface area contributed by atoms with Gasteiger partial charge in [-0.2, -0.15) is 0 Å². The van der Waals surface area contributed by atoms with Gasteiger partial charge in [-0.1, -0.05) is 6.07 Å². The minimum absolute atomic E-state index is 0.363. The molecule has 0 aromatic heterocycles. The Morgan fingerprint density at radius 1 is 1.11 bits per heavy atom. The average molecular weight is 264 g/mol. The fourth-order valence-corrected chi connectivity index (χ4v) is 2.09. The molecule has 0 radical (unpaired) electrons. The van der Waals surface area contributed by atoms with Gasteiger partial charge in [-0.15, -0.1) is 0 Å². The van der Waals surface area contributed by atoms with Crippen molar-refractivity contribution in [3.63, 3.8) is 0 Å². The lowest BCUT2D eigenvalue weighted by molar-refractivity contribution is 0.172. The molecule has 0 aliphatic carbocycles. The topological polar surface area (TPSA) is 32.8 Å². The van der Waals surface area contributed by atoms with Gasteiger partial charge in [0.1, 0.15) is 5.75 Å². The van der Waals surface area contributed by atoms with Gasteiger partial charge in [0.15, 0.2) is 0 Å². The van der Waals surface area contributed by atoms with Crippen LogP contribution in [0.1, 0.15) is 27.7 Å². The predicted octanol–water partition coefficient (Wildman–Crippen LogP) is 3.37. The van der Waals surface area contributed by atoms with E-state index in [1.54, 1.807) is 20.2 Å². The molecular formula is C15H24N2O2. The molecule has 0 unspecified atom stereocenters. The van der Waals surface area contributed by atoms with E-state index in [0.717, 1.165) is 5.69 Å². The molecule has 0 aliphatic rings. The van der Waals surface area contributed by atoms with Crippen LogP contribution in [0.15, 0.2) is 24.3 Å². The summed E-state index contributed by atoms with van der Waals surface area (Å²) < 4.78 is 5.29. The number of nitrogens with zero attached hydrogens (tertiary/aromatic N) is 2. The van der Waals surface area contributed by atoms with Crippen LogP contribution in [-0.2, 0) is 0 Å². The summed E-state index contributed by atoms with van der Waals surface area (Å²) in [6.45, 7) is 8.61. The molecule has 0 heterocycles. The summed E-state index contributed by atoms with van der Waals surface area (Å²) in [4.78, 5) is 15.2. The smallest absolute Gasteiger partial charge is 0.410 e. The van der Waals surface area contributed by atoms with Crippen molar-refractivity contribution in [3.05, 3.63) is 24.3 Å². The van der Waals surface area contributed by atoms with Gasteiger partial charge in [0.25, 0.3) is 0 Å². The monoisotopic (exact) mass is 264 g/mol. The molecule has 4 heteroatoms. The second-order valence-corrected chi connectivity index (χ2v) is 5.35. The van der Waals surface area contributed by atoms with E-state index >= 15 is 0 Å². The molecule has 19 heavy (non-hydrogen) atoms. The minimum Gasteiger partial charge on any atom is -0.410 e. The second-order valence-electron chi connectivity index (χ2n) is 5.35. The van der Waals surface area contributed by atoms with Gasteiger partial charge < -0.3 is 14.5 Å². The summed E-state index contributed by atoms with van der Waals surface area (Å²) >= 11 is 0. The van der Waals surface area contributed by atoms with Gasteiger partial charge in [0.2, 0.25) is 0 Å². The number of carbonyl (C=O) groups excluding carboxylic acids is 1. The lowest BCUT2D eigenvalue weighted by atomic mass is 10.2. The maximum atomic E-state index is 11.6. The van der Waals surface area contributed by atoms with Crippen LogP contribution in [-0.4, -0.2) is 37.2 Å². The van der Waals surface area contributed by atoms with Crippen molar-refractivity contribution in [2.75, 3.05) is 19.0 Å². The van der Waals surface area contributed by atoms with E-state index in [9.17, 15) is 4.79 Å². The van der Waals surface area contributed by atoms with Gasteiger partial charge in [-0.3, -0.25) is 0 Å². The molecule has 0 saturated carbocycles. The molecule has 0 aliphatic heterocycles. The third kappa shape index (κ3) is 4.16. The number of benzene rings is 1. The van der Waals surface area contributed by atoms with Crippen molar-refractivity contribution in [2.24, 2.45) is 0 Å². The number of amides is 1. The maximum absolute atomic E-state index is 11.6. The van der Waals surface area contributed by atoms with Crippen LogP contribution in [0.5, 0.6) is 5.75 Å². The molecule has 0 saturated heterocycles. The van der Waals surface area contributed by atoms with Gasteiger partial charge in [-0.25, -0.2) is 4.79 Å². The van der Waals surface area contributed by atoms with Crippen molar-refractivity contribution >= 4 is 11.8 Å². The molecule has 0 fully saturated rings. The molecule has 0 bridgehead atoms. The largest absolute Gasteiger partial charge is 0.414 e. The number of carbonyl (C=O) groups is 1. The van der Waals surface area contributed by atoms with Crippen molar-refractivity contribution in [2.45, 2.75) is 39.8 Å². The Hall–Kier alpha value is -1.71. The quantitative estimate of drug-likeness (QED) is 0.836. The van der Waals surface area contributed by atoms with Crippen molar-refractivity contribution in [3.8, 4) is 5.75 Å². The molecule has 0 atom stereocenters. The first-order chi connectivity index (χ1) is 8.82. The van der Waals surface area contributed by atoms with Crippen LogP contribution in [0.3, 0.4) is 0 Å². The van der Waals surface area contributed by atoms with E-state index in [2.05, 4.69) is 32.6 Å².